The van der Waals surface area contributed by atoms with Gasteiger partial charge in [-0.2, -0.15) is 10.2 Å². The molecule has 142 valence electrons. The number of amides is 1. The van der Waals surface area contributed by atoms with Crippen LogP contribution in [0, 0.1) is 5.92 Å². The van der Waals surface area contributed by atoms with Crippen LogP contribution in [0.15, 0.2) is 18.3 Å². The van der Waals surface area contributed by atoms with Gasteiger partial charge in [0.15, 0.2) is 0 Å². The largest absolute Gasteiger partial charge is 0.348 e. The smallest absolute Gasteiger partial charge is 0.271 e. The molecule has 0 spiro atoms. The Balaban J connectivity index is 1.48. The van der Waals surface area contributed by atoms with Crippen molar-refractivity contribution in [3.05, 3.63) is 35.4 Å². The predicted molar refractivity (Wildman–Crippen MR) is 101 cm³/mol. The number of H-pyrrole nitrogens is 1. The normalized spacial score (nSPS) is 18.8. The van der Waals surface area contributed by atoms with Gasteiger partial charge in [0.2, 0.25) is 0 Å². The average molecular weight is 358 g/mol. The van der Waals surface area contributed by atoms with Crippen molar-refractivity contribution < 1.29 is 4.79 Å². The van der Waals surface area contributed by atoms with E-state index in [0.29, 0.717) is 11.6 Å². The van der Waals surface area contributed by atoms with Gasteiger partial charge in [0.05, 0.1) is 5.69 Å². The van der Waals surface area contributed by atoms with Gasteiger partial charge in [0.25, 0.3) is 5.91 Å². The minimum absolute atomic E-state index is 0.0732. The van der Waals surface area contributed by atoms with E-state index < -0.39 is 0 Å². The first-order valence-corrected chi connectivity index (χ1v) is 9.55. The monoisotopic (exact) mass is 358 g/mol. The Hall–Kier alpha value is -2.15. The summed E-state index contributed by atoms with van der Waals surface area (Å²) < 4.78 is 1.65. The van der Waals surface area contributed by atoms with E-state index in [-0.39, 0.29) is 11.9 Å². The third-order valence-electron chi connectivity index (χ3n) is 4.80. The van der Waals surface area contributed by atoms with Crippen molar-refractivity contribution in [2.24, 2.45) is 13.0 Å². The maximum absolute atomic E-state index is 12.3. The topological polar surface area (TPSA) is 78.8 Å². The summed E-state index contributed by atoms with van der Waals surface area (Å²) in [6, 6.07) is 4.16. The lowest BCUT2D eigenvalue weighted by molar-refractivity contribution is 0.0927. The lowest BCUT2D eigenvalue weighted by Crippen LogP contribution is -2.36. The Kier molecular flexibility index (Phi) is 6.08. The third-order valence-corrected chi connectivity index (χ3v) is 4.80. The molecule has 1 atom stereocenters. The van der Waals surface area contributed by atoms with Crippen LogP contribution in [-0.2, 0) is 20.0 Å². The molecule has 7 nitrogen and oxygen atoms in total. The molecule has 0 bridgehead atoms. The van der Waals surface area contributed by atoms with Crippen LogP contribution in [-0.4, -0.2) is 49.9 Å². The molecule has 0 aromatic carbocycles. The molecular formula is C19H30N6O. The fourth-order valence-electron chi connectivity index (χ4n) is 3.51. The quantitative estimate of drug-likeness (QED) is 0.829. The van der Waals surface area contributed by atoms with Crippen LogP contribution >= 0.6 is 0 Å². The number of carbonyl (C=O) groups is 1. The minimum atomic E-state index is -0.0732. The highest BCUT2D eigenvalue weighted by atomic mass is 16.2. The number of likely N-dealkylation sites (tertiary alicyclic amines) is 1. The first-order valence-electron chi connectivity index (χ1n) is 9.55. The van der Waals surface area contributed by atoms with Crippen molar-refractivity contribution in [2.75, 3.05) is 13.1 Å². The summed E-state index contributed by atoms with van der Waals surface area (Å²) >= 11 is 0. The average Bonchev–Trinajstić information content (AvgIpc) is 3.14. The zero-order valence-electron chi connectivity index (χ0n) is 16.0. The molecule has 7 heteroatoms. The standard InChI is InChI=1S/C19H30N6O/c1-14(2)11-16-12-17(22-21-16)13-25-8-4-5-15(6-10-25)20-19(26)18-7-9-24(3)23-18/h7,9,12,14-15H,4-6,8,10-11,13H2,1-3H3,(H,20,26)(H,21,22)/t15-/m1/s1. The molecule has 0 radical (unpaired) electrons. The van der Waals surface area contributed by atoms with Crippen LogP contribution in [0.1, 0.15) is 55.0 Å². The number of hydrogen-bond acceptors (Lipinski definition) is 4. The second kappa shape index (κ2) is 8.49. The summed E-state index contributed by atoms with van der Waals surface area (Å²) in [6.45, 7) is 7.34. The summed E-state index contributed by atoms with van der Waals surface area (Å²) in [6.07, 6.45) is 5.86. The van der Waals surface area contributed by atoms with Gasteiger partial charge in [-0.15, -0.1) is 0 Å². The number of aromatic nitrogens is 4. The van der Waals surface area contributed by atoms with E-state index in [1.807, 2.05) is 7.05 Å². The zero-order chi connectivity index (χ0) is 18.5. The summed E-state index contributed by atoms with van der Waals surface area (Å²) in [7, 11) is 1.82. The van der Waals surface area contributed by atoms with E-state index in [1.54, 1.807) is 16.9 Å². The lowest BCUT2D eigenvalue weighted by atomic mass is 10.1. The third kappa shape index (κ3) is 5.17. The SMILES string of the molecule is CC(C)Cc1cc(CN2CCC[C@@H](NC(=O)c3ccn(C)n3)CC2)[nH]n1. The molecule has 0 aliphatic carbocycles. The number of hydrogen-bond donors (Lipinski definition) is 2. The summed E-state index contributed by atoms with van der Waals surface area (Å²) in [4.78, 5) is 14.7. The lowest BCUT2D eigenvalue weighted by Gasteiger charge is -2.19. The Morgan fingerprint density at radius 1 is 1.38 bits per heavy atom. The zero-order valence-corrected chi connectivity index (χ0v) is 16.0. The second-order valence-corrected chi connectivity index (χ2v) is 7.73. The molecule has 1 aliphatic rings. The van der Waals surface area contributed by atoms with E-state index in [1.165, 1.54) is 5.69 Å². The number of nitrogens with zero attached hydrogens (tertiary/aromatic N) is 4. The fraction of sp³-hybridized carbons (Fsp3) is 0.632. The van der Waals surface area contributed by atoms with E-state index in [4.69, 9.17) is 0 Å². The molecule has 2 N–H and O–H groups in total. The molecule has 2 aromatic rings. The molecule has 3 heterocycles. The Bertz CT molecular complexity index is 719. The molecular weight excluding hydrogens is 328 g/mol. The van der Waals surface area contributed by atoms with Crippen molar-refractivity contribution in [1.29, 1.82) is 0 Å². The van der Waals surface area contributed by atoms with Crippen LogP contribution in [0.4, 0.5) is 0 Å². The first kappa shape index (κ1) is 18.6. The van der Waals surface area contributed by atoms with Crippen molar-refractivity contribution in [3.63, 3.8) is 0 Å². The maximum Gasteiger partial charge on any atom is 0.271 e. The number of aromatic amines is 1. The fourth-order valence-corrected chi connectivity index (χ4v) is 3.51. The van der Waals surface area contributed by atoms with Gasteiger partial charge in [-0.1, -0.05) is 13.8 Å². The molecule has 0 unspecified atom stereocenters. The minimum Gasteiger partial charge on any atom is -0.348 e. The maximum atomic E-state index is 12.3. The van der Waals surface area contributed by atoms with Gasteiger partial charge in [0, 0.05) is 38.1 Å². The number of aryl methyl sites for hydroxylation is 1. The van der Waals surface area contributed by atoms with Gasteiger partial charge in [-0.05, 0) is 50.3 Å². The molecule has 2 aromatic heterocycles. The highest BCUT2D eigenvalue weighted by Gasteiger charge is 2.20. The van der Waals surface area contributed by atoms with E-state index in [9.17, 15) is 4.79 Å². The molecule has 0 saturated carbocycles. The van der Waals surface area contributed by atoms with Crippen LogP contribution in [0.5, 0.6) is 0 Å². The van der Waals surface area contributed by atoms with E-state index in [0.717, 1.165) is 51.0 Å². The van der Waals surface area contributed by atoms with Crippen molar-refractivity contribution in [1.82, 2.24) is 30.2 Å². The van der Waals surface area contributed by atoms with Crippen LogP contribution in [0.25, 0.3) is 0 Å². The first-order chi connectivity index (χ1) is 12.5. The molecule has 1 amide bonds. The highest BCUT2D eigenvalue weighted by molar-refractivity contribution is 5.92. The molecule has 1 aliphatic heterocycles. The van der Waals surface area contributed by atoms with Gasteiger partial charge < -0.3 is 5.32 Å². The number of nitrogens with one attached hydrogen (secondary N) is 2. The van der Waals surface area contributed by atoms with E-state index >= 15 is 0 Å². The van der Waals surface area contributed by atoms with Crippen LogP contribution < -0.4 is 5.32 Å². The second-order valence-electron chi connectivity index (χ2n) is 7.73. The van der Waals surface area contributed by atoms with Crippen molar-refractivity contribution in [2.45, 2.75) is 52.1 Å². The molecule has 26 heavy (non-hydrogen) atoms. The van der Waals surface area contributed by atoms with Gasteiger partial charge in [-0.25, -0.2) is 0 Å². The van der Waals surface area contributed by atoms with Crippen molar-refractivity contribution >= 4 is 5.91 Å². The van der Waals surface area contributed by atoms with Crippen molar-refractivity contribution in [3.8, 4) is 0 Å². The predicted octanol–water partition coefficient (Wildman–Crippen LogP) is 2.13. The number of rotatable bonds is 6. The summed E-state index contributed by atoms with van der Waals surface area (Å²) in [5, 5.41) is 14.9. The van der Waals surface area contributed by atoms with Gasteiger partial charge in [0.1, 0.15) is 5.69 Å². The number of carbonyl (C=O) groups excluding carboxylic acids is 1. The van der Waals surface area contributed by atoms with E-state index in [2.05, 4.69) is 45.4 Å². The summed E-state index contributed by atoms with van der Waals surface area (Å²) in [5.41, 5.74) is 2.81. The summed E-state index contributed by atoms with van der Waals surface area (Å²) in [5.74, 6) is 0.545. The van der Waals surface area contributed by atoms with Gasteiger partial charge in [-0.3, -0.25) is 19.5 Å². The Labute approximate surface area is 155 Å². The molecule has 1 fully saturated rings. The molecule has 1 saturated heterocycles. The van der Waals surface area contributed by atoms with Crippen LogP contribution in [0.3, 0.4) is 0 Å². The Morgan fingerprint density at radius 3 is 2.96 bits per heavy atom. The Morgan fingerprint density at radius 2 is 2.23 bits per heavy atom. The van der Waals surface area contributed by atoms with Crippen LogP contribution in [0.2, 0.25) is 0 Å². The van der Waals surface area contributed by atoms with Gasteiger partial charge >= 0.3 is 0 Å². The highest BCUT2D eigenvalue weighted by Crippen LogP contribution is 2.15. The molecule has 3 rings (SSSR count).